The minimum Gasteiger partial charge on any atom is -0.489 e. The number of thioether (sulfide) groups is 1. The lowest BCUT2D eigenvalue weighted by Gasteiger charge is -2.22. The van der Waals surface area contributed by atoms with Crippen LogP contribution in [-0.4, -0.2) is 51.1 Å². The maximum absolute atomic E-state index is 13.1. The zero-order valence-electron chi connectivity index (χ0n) is 22.4. The van der Waals surface area contributed by atoms with E-state index in [1.807, 2.05) is 74.5 Å². The summed E-state index contributed by atoms with van der Waals surface area (Å²) in [6.07, 6.45) is 5.91. The summed E-state index contributed by atoms with van der Waals surface area (Å²) in [7, 11) is 0. The third-order valence-electron chi connectivity index (χ3n) is 7.23. The van der Waals surface area contributed by atoms with E-state index >= 15 is 0 Å². The van der Waals surface area contributed by atoms with Crippen molar-refractivity contribution >= 4 is 34.9 Å². The molecule has 5 rings (SSSR count). The standard InChI is InChI=1S/C31H33N3O4S/c1-22-18-25(19-28-30(36)33(31(37)39-28)20-29(35)32-16-8-3-4-9-17-32)23(2)34(22)26-12-14-27(15-13-26)38-21-24-10-6-5-7-11-24/h5-7,10-15,18-19H,3-4,8-9,16-17,20-21H2,1-2H3. The van der Waals surface area contributed by atoms with Crippen LogP contribution in [0.1, 0.15) is 48.2 Å². The normalized spacial score (nSPS) is 17.1. The molecule has 0 atom stereocenters. The Labute approximate surface area is 233 Å². The molecule has 202 valence electrons. The zero-order valence-corrected chi connectivity index (χ0v) is 23.2. The molecule has 7 nitrogen and oxygen atoms in total. The van der Waals surface area contributed by atoms with Gasteiger partial charge in [0, 0.05) is 30.2 Å². The van der Waals surface area contributed by atoms with Gasteiger partial charge >= 0.3 is 0 Å². The SMILES string of the molecule is Cc1cc(C=C2SC(=O)N(CC(=O)N3CCCCCC3)C2=O)c(C)n1-c1ccc(OCc2ccccc2)cc1. The Morgan fingerprint density at radius 3 is 2.33 bits per heavy atom. The summed E-state index contributed by atoms with van der Waals surface area (Å²) < 4.78 is 8.03. The van der Waals surface area contributed by atoms with Crippen molar-refractivity contribution in [1.29, 1.82) is 0 Å². The molecule has 2 fully saturated rings. The number of hydrogen-bond acceptors (Lipinski definition) is 5. The summed E-state index contributed by atoms with van der Waals surface area (Å²) in [6, 6.07) is 20.0. The van der Waals surface area contributed by atoms with Gasteiger partial charge in [-0.2, -0.15) is 0 Å². The fourth-order valence-electron chi connectivity index (χ4n) is 5.10. The van der Waals surface area contributed by atoms with E-state index in [9.17, 15) is 14.4 Å². The number of benzene rings is 2. The zero-order chi connectivity index (χ0) is 27.4. The molecule has 0 N–H and O–H groups in total. The number of aryl methyl sites for hydroxylation is 1. The van der Waals surface area contributed by atoms with Gasteiger partial charge in [0.2, 0.25) is 5.91 Å². The van der Waals surface area contributed by atoms with Crippen LogP contribution in [0.2, 0.25) is 0 Å². The summed E-state index contributed by atoms with van der Waals surface area (Å²) in [5.41, 5.74) is 4.92. The van der Waals surface area contributed by atoms with Gasteiger partial charge in [0.15, 0.2) is 0 Å². The Balaban J connectivity index is 1.28. The van der Waals surface area contributed by atoms with E-state index < -0.39 is 11.1 Å². The Morgan fingerprint density at radius 2 is 1.64 bits per heavy atom. The van der Waals surface area contributed by atoms with Crippen molar-refractivity contribution in [3.63, 3.8) is 0 Å². The molecule has 0 unspecified atom stereocenters. The molecule has 0 aliphatic carbocycles. The molecule has 8 heteroatoms. The van der Waals surface area contributed by atoms with E-state index in [-0.39, 0.29) is 12.5 Å². The molecule has 2 aliphatic heterocycles. The van der Waals surface area contributed by atoms with Crippen molar-refractivity contribution in [3.8, 4) is 11.4 Å². The molecule has 3 amide bonds. The molecule has 39 heavy (non-hydrogen) atoms. The van der Waals surface area contributed by atoms with Gasteiger partial charge in [-0.05, 0) is 86.0 Å². The Bertz CT molecular complexity index is 1390. The molecule has 0 radical (unpaired) electrons. The van der Waals surface area contributed by atoms with Gasteiger partial charge in [0.25, 0.3) is 11.1 Å². The number of carbonyl (C=O) groups excluding carboxylic acids is 3. The lowest BCUT2D eigenvalue weighted by Crippen LogP contribution is -2.42. The first kappa shape index (κ1) is 26.8. The van der Waals surface area contributed by atoms with Crippen LogP contribution in [-0.2, 0) is 16.2 Å². The van der Waals surface area contributed by atoms with E-state index in [1.54, 1.807) is 11.0 Å². The van der Waals surface area contributed by atoms with Crippen molar-refractivity contribution in [2.24, 2.45) is 0 Å². The summed E-state index contributed by atoms with van der Waals surface area (Å²) in [5, 5.41) is -0.394. The van der Waals surface area contributed by atoms with Crippen molar-refractivity contribution in [3.05, 3.63) is 88.1 Å². The average molecular weight is 544 g/mol. The minimum absolute atomic E-state index is 0.158. The lowest BCUT2D eigenvalue weighted by molar-refractivity contribution is -0.135. The number of likely N-dealkylation sites (tertiary alicyclic amines) is 1. The highest BCUT2D eigenvalue weighted by molar-refractivity contribution is 8.18. The summed E-state index contributed by atoms with van der Waals surface area (Å²) in [5.74, 6) is 0.224. The molecule has 0 spiro atoms. The Hall–Kier alpha value is -3.78. The van der Waals surface area contributed by atoms with Crippen LogP contribution in [0.4, 0.5) is 4.79 Å². The van der Waals surface area contributed by atoms with Gasteiger partial charge in [0.1, 0.15) is 18.9 Å². The van der Waals surface area contributed by atoms with Crippen LogP contribution in [0, 0.1) is 13.8 Å². The predicted molar refractivity (Wildman–Crippen MR) is 154 cm³/mol. The highest BCUT2D eigenvalue weighted by atomic mass is 32.2. The third kappa shape index (κ3) is 6.11. The minimum atomic E-state index is -0.405. The number of rotatable bonds is 7. The van der Waals surface area contributed by atoms with Gasteiger partial charge in [-0.15, -0.1) is 0 Å². The van der Waals surface area contributed by atoms with Crippen LogP contribution in [0.25, 0.3) is 11.8 Å². The maximum Gasteiger partial charge on any atom is 0.294 e. The lowest BCUT2D eigenvalue weighted by atomic mass is 10.2. The Kier molecular flexibility index (Phi) is 8.21. The molecule has 3 heterocycles. The second kappa shape index (κ2) is 11.9. The largest absolute Gasteiger partial charge is 0.489 e. The maximum atomic E-state index is 13.1. The van der Waals surface area contributed by atoms with Gasteiger partial charge in [-0.1, -0.05) is 43.2 Å². The summed E-state index contributed by atoms with van der Waals surface area (Å²) in [6.45, 7) is 5.69. The molecular weight excluding hydrogens is 510 g/mol. The third-order valence-corrected chi connectivity index (χ3v) is 8.13. The number of hydrogen-bond donors (Lipinski definition) is 0. The second-order valence-electron chi connectivity index (χ2n) is 9.99. The fraction of sp³-hybridized carbons (Fsp3) is 0.323. The number of ether oxygens (including phenoxy) is 1. The van der Waals surface area contributed by atoms with Crippen LogP contribution in [0.5, 0.6) is 5.75 Å². The van der Waals surface area contributed by atoms with E-state index in [0.717, 1.165) is 76.3 Å². The Morgan fingerprint density at radius 1 is 0.949 bits per heavy atom. The first-order valence-electron chi connectivity index (χ1n) is 13.4. The van der Waals surface area contributed by atoms with Crippen LogP contribution >= 0.6 is 11.8 Å². The van der Waals surface area contributed by atoms with Crippen molar-refractivity contribution in [1.82, 2.24) is 14.4 Å². The molecule has 2 aliphatic rings. The number of carbonyl (C=O) groups is 3. The number of amides is 3. The van der Waals surface area contributed by atoms with Crippen LogP contribution < -0.4 is 4.74 Å². The van der Waals surface area contributed by atoms with Crippen LogP contribution in [0.15, 0.2) is 65.6 Å². The van der Waals surface area contributed by atoms with E-state index in [1.165, 1.54) is 0 Å². The number of imide groups is 1. The molecule has 2 aromatic carbocycles. The molecule has 2 saturated heterocycles. The molecule has 0 bridgehead atoms. The van der Waals surface area contributed by atoms with Crippen molar-refractivity contribution in [2.75, 3.05) is 19.6 Å². The monoisotopic (exact) mass is 543 g/mol. The first-order chi connectivity index (χ1) is 18.9. The topological polar surface area (TPSA) is 71.9 Å². The van der Waals surface area contributed by atoms with E-state index in [2.05, 4.69) is 4.57 Å². The van der Waals surface area contributed by atoms with E-state index in [0.29, 0.717) is 24.6 Å². The highest BCUT2D eigenvalue weighted by Crippen LogP contribution is 2.34. The van der Waals surface area contributed by atoms with Crippen LogP contribution in [0.3, 0.4) is 0 Å². The number of nitrogens with zero attached hydrogens (tertiary/aromatic N) is 3. The van der Waals surface area contributed by atoms with Gasteiger partial charge < -0.3 is 14.2 Å². The average Bonchev–Trinajstić information content (AvgIpc) is 3.21. The predicted octanol–water partition coefficient (Wildman–Crippen LogP) is 6.11. The summed E-state index contributed by atoms with van der Waals surface area (Å²) in [4.78, 5) is 41.8. The second-order valence-corrected chi connectivity index (χ2v) is 11.0. The smallest absolute Gasteiger partial charge is 0.294 e. The van der Waals surface area contributed by atoms with Crippen molar-refractivity contribution < 1.29 is 19.1 Å². The highest BCUT2D eigenvalue weighted by Gasteiger charge is 2.37. The fourth-order valence-corrected chi connectivity index (χ4v) is 5.93. The molecule has 1 aromatic heterocycles. The molecular formula is C31H33N3O4S. The quantitative estimate of drug-likeness (QED) is 0.336. The van der Waals surface area contributed by atoms with Crippen molar-refractivity contribution in [2.45, 2.75) is 46.1 Å². The first-order valence-corrected chi connectivity index (χ1v) is 14.2. The molecule has 0 saturated carbocycles. The molecule has 3 aromatic rings. The number of aromatic nitrogens is 1. The van der Waals surface area contributed by atoms with Gasteiger partial charge in [-0.25, -0.2) is 0 Å². The van der Waals surface area contributed by atoms with Gasteiger partial charge in [0.05, 0.1) is 4.91 Å². The van der Waals surface area contributed by atoms with Gasteiger partial charge in [-0.3, -0.25) is 19.3 Å². The summed E-state index contributed by atoms with van der Waals surface area (Å²) >= 11 is 0.897. The van der Waals surface area contributed by atoms with E-state index in [4.69, 9.17) is 4.74 Å².